The Morgan fingerprint density at radius 1 is 0.793 bits per heavy atom. The van der Waals surface area contributed by atoms with E-state index in [1.807, 2.05) is 66.9 Å². The van der Waals surface area contributed by atoms with E-state index in [0.29, 0.717) is 9.23 Å². The maximum Gasteiger partial charge on any atom is 0.270 e. The molecule has 0 radical (unpaired) electrons. The van der Waals surface area contributed by atoms with E-state index >= 15 is 0 Å². The summed E-state index contributed by atoms with van der Waals surface area (Å²) in [6.07, 6.45) is 3.92. The largest absolute Gasteiger partial charge is 0.317 e. The molecule has 3 nitrogen and oxygen atoms in total. The number of hydrogen-bond donors (Lipinski definition) is 0. The fourth-order valence-corrected chi connectivity index (χ4v) is 4.76. The van der Waals surface area contributed by atoms with Gasteiger partial charge in [-0.3, -0.25) is 9.69 Å². The molecular weight excluding hydrogens is 396 g/mol. The molecule has 1 aliphatic rings. The predicted octanol–water partition coefficient (Wildman–Crippen LogP) is 6.04. The molecule has 4 aromatic rings. The number of fused-ring (bicyclic) bond motifs is 1. The monoisotopic (exact) mass is 412 g/mol. The van der Waals surface area contributed by atoms with E-state index in [-0.39, 0.29) is 5.91 Å². The van der Waals surface area contributed by atoms with Crippen LogP contribution in [0.5, 0.6) is 0 Å². The van der Waals surface area contributed by atoms with Crippen molar-refractivity contribution in [2.75, 3.05) is 4.90 Å². The second-order valence-electron chi connectivity index (χ2n) is 6.69. The third-order valence-corrected chi connectivity index (χ3v) is 6.18. The summed E-state index contributed by atoms with van der Waals surface area (Å²) >= 11 is 6.81. The van der Waals surface area contributed by atoms with Crippen LogP contribution in [-0.2, 0) is 4.79 Å². The molecule has 0 bridgehead atoms. The van der Waals surface area contributed by atoms with Crippen LogP contribution in [-0.4, -0.2) is 14.8 Å². The van der Waals surface area contributed by atoms with Crippen LogP contribution in [0.1, 0.15) is 5.69 Å². The molecule has 3 aromatic carbocycles. The average molecular weight is 413 g/mol. The molecule has 1 amide bonds. The number of thiocarbonyl (C=S) groups is 1. The van der Waals surface area contributed by atoms with Gasteiger partial charge in [0.2, 0.25) is 0 Å². The quantitative estimate of drug-likeness (QED) is 0.303. The molecule has 2 heterocycles. The molecule has 1 fully saturated rings. The van der Waals surface area contributed by atoms with Crippen molar-refractivity contribution in [3.63, 3.8) is 0 Å². The summed E-state index contributed by atoms with van der Waals surface area (Å²) in [4.78, 5) is 15.2. The fourth-order valence-electron chi connectivity index (χ4n) is 3.48. The highest BCUT2D eigenvalue weighted by Crippen LogP contribution is 2.36. The number of rotatable bonds is 3. The van der Waals surface area contributed by atoms with Crippen LogP contribution in [0.25, 0.3) is 22.5 Å². The Labute approximate surface area is 178 Å². The maximum absolute atomic E-state index is 13.0. The molecule has 5 heteroatoms. The summed E-state index contributed by atoms with van der Waals surface area (Å²) in [6.45, 7) is 0. The standard InChI is InChI=1S/C24H16N2OS2/c27-23-22(29-24(28)26(23)19-9-2-1-3-10-19)16-20-11-6-14-25(20)21-13-12-17-7-4-5-8-18(17)15-21/h1-16H. The van der Waals surface area contributed by atoms with Crippen LogP contribution in [0.4, 0.5) is 5.69 Å². The molecule has 0 spiro atoms. The number of aromatic nitrogens is 1. The van der Waals surface area contributed by atoms with Crippen LogP contribution >= 0.6 is 24.0 Å². The molecule has 5 rings (SSSR count). The topological polar surface area (TPSA) is 25.2 Å². The first-order chi connectivity index (χ1) is 14.2. The van der Waals surface area contributed by atoms with E-state index < -0.39 is 0 Å². The molecule has 0 N–H and O–H groups in total. The van der Waals surface area contributed by atoms with Gasteiger partial charge in [-0.25, -0.2) is 0 Å². The van der Waals surface area contributed by atoms with Crippen molar-refractivity contribution in [3.8, 4) is 5.69 Å². The van der Waals surface area contributed by atoms with Gasteiger partial charge in [0.15, 0.2) is 4.32 Å². The van der Waals surface area contributed by atoms with E-state index in [0.717, 1.165) is 17.1 Å². The Bertz CT molecular complexity index is 1270. The summed E-state index contributed by atoms with van der Waals surface area (Å²) < 4.78 is 2.64. The highest BCUT2D eigenvalue weighted by atomic mass is 32.2. The van der Waals surface area contributed by atoms with Crippen molar-refractivity contribution in [2.24, 2.45) is 0 Å². The Balaban J connectivity index is 1.51. The summed E-state index contributed by atoms with van der Waals surface area (Å²) in [7, 11) is 0. The van der Waals surface area contributed by atoms with Gasteiger partial charge < -0.3 is 4.57 Å². The number of para-hydroxylation sites is 1. The van der Waals surface area contributed by atoms with Gasteiger partial charge in [0.25, 0.3) is 5.91 Å². The molecule has 1 aromatic heterocycles. The molecule has 0 unspecified atom stereocenters. The van der Waals surface area contributed by atoms with Gasteiger partial charge in [0.05, 0.1) is 10.6 Å². The SMILES string of the molecule is O=C1C(=Cc2cccn2-c2ccc3ccccc3c2)SC(=S)N1c1ccccc1. The van der Waals surface area contributed by atoms with Crippen molar-refractivity contribution in [1.82, 2.24) is 4.57 Å². The Morgan fingerprint density at radius 2 is 1.55 bits per heavy atom. The van der Waals surface area contributed by atoms with E-state index in [1.165, 1.54) is 22.5 Å². The zero-order valence-corrected chi connectivity index (χ0v) is 17.0. The van der Waals surface area contributed by atoms with Crippen LogP contribution in [0, 0.1) is 0 Å². The number of nitrogens with zero attached hydrogens (tertiary/aromatic N) is 2. The van der Waals surface area contributed by atoms with Crippen molar-refractivity contribution in [1.29, 1.82) is 0 Å². The Morgan fingerprint density at radius 3 is 2.38 bits per heavy atom. The smallest absolute Gasteiger partial charge is 0.270 e. The molecule has 1 aliphatic heterocycles. The highest BCUT2D eigenvalue weighted by Gasteiger charge is 2.33. The van der Waals surface area contributed by atoms with Crippen LogP contribution in [0.15, 0.2) is 96.0 Å². The Hall–Kier alpha value is -3.15. The zero-order chi connectivity index (χ0) is 19.8. The highest BCUT2D eigenvalue weighted by molar-refractivity contribution is 8.27. The summed E-state index contributed by atoms with van der Waals surface area (Å²) in [5, 5.41) is 2.38. The number of benzene rings is 3. The number of anilines is 1. The number of carbonyl (C=O) groups is 1. The second kappa shape index (κ2) is 7.35. The minimum atomic E-state index is -0.0857. The van der Waals surface area contributed by atoms with E-state index in [2.05, 4.69) is 34.9 Å². The van der Waals surface area contributed by atoms with Crippen molar-refractivity contribution >= 4 is 56.7 Å². The maximum atomic E-state index is 13.0. The lowest BCUT2D eigenvalue weighted by Crippen LogP contribution is -2.27. The van der Waals surface area contributed by atoms with Crippen LogP contribution in [0.3, 0.4) is 0 Å². The summed E-state index contributed by atoms with van der Waals surface area (Å²) in [5.41, 5.74) is 2.79. The van der Waals surface area contributed by atoms with Crippen molar-refractivity contribution in [2.45, 2.75) is 0 Å². The van der Waals surface area contributed by atoms with E-state index in [1.54, 1.807) is 4.90 Å². The minimum Gasteiger partial charge on any atom is -0.317 e. The van der Waals surface area contributed by atoms with Gasteiger partial charge in [-0.15, -0.1) is 0 Å². The lowest BCUT2D eigenvalue weighted by molar-refractivity contribution is -0.113. The van der Waals surface area contributed by atoms with Gasteiger partial charge >= 0.3 is 0 Å². The first-order valence-corrected chi connectivity index (χ1v) is 10.4. The lowest BCUT2D eigenvalue weighted by Gasteiger charge is -2.13. The summed E-state index contributed by atoms with van der Waals surface area (Å²) in [5.74, 6) is -0.0857. The molecule has 29 heavy (non-hydrogen) atoms. The second-order valence-corrected chi connectivity index (χ2v) is 8.36. The molecule has 1 saturated heterocycles. The van der Waals surface area contributed by atoms with Crippen LogP contribution < -0.4 is 4.90 Å². The normalized spacial score (nSPS) is 15.6. The number of thioether (sulfide) groups is 1. The summed E-state index contributed by atoms with van der Waals surface area (Å²) in [6, 6.07) is 28.2. The van der Waals surface area contributed by atoms with Gasteiger partial charge in [0.1, 0.15) is 0 Å². The van der Waals surface area contributed by atoms with Crippen LogP contribution in [0.2, 0.25) is 0 Å². The van der Waals surface area contributed by atoms with Gasteiger partial charge in [0, 0.05) is 17.6 Å². The lowest BCUT2D eigenvalue weighted by atomic mass is 10.1. The number of amides is 1. The zero-order valence-electron chi connectivity index (χ0n) is 15.4. The first-order valence-electron chi connectivity index (χ1n) is 9.20. The first kappa shape index (κ1) is 17.9. The van der Waals surface area contributed by atoms with Crippen molar-refractivity contribution in [3.05, 3.63) is 102 Å². The third-order valence-electron chi connectivity index (χ3n) is 4.88. The molecule has 0 atom stereocenters. The molecule has 0 saturated carbocycles. The molecule has 0 aliphatic carbocycles. The molecule has 140 valence electrons. The van der Waals surface area contributed by atoms with Gasteiger partial charge in [-0.1, -0.05) is 72.5 Å². The van der Waals surface area contributed by atoms with Crippen molar-refractivity contribution < 1.29 is 4.79 Å². The third kappa shape index (κ3) is 3.28. The van der Waals surface area contributed by atoms with Gasteiger partial charge in [-0.2, -0.15) is 0 Å². The number of carbonyl (C=O) groups excluding carboxylic acids is 1. The minimum absolute atomic E-state index is 0.0857. The van der Waals surface area contributed by atoms with Gasteiger partial charge in [-0.05, 0) is 53.2 Å². The average Bonchev–Trinajstić information content (AvgIpc) is 3.32. The predicted molar refractivity (Wildman–Crippen MR) is 125 cm³/mol. The number of hydrogen-bond acceptors (Lipinski definition) is 3. The molecular formula is C24H16N2OS2. The van der Waals surface area contributed by atoms with E-state index in [9.17, 15) is 4.79 Å². The fraction of sp³-hybridized carbons (Fsp3) is 0. The Kier molecular flexibility index (Phi) is 4.54. The van der Waals surface area contributed by atoms with E-state index in [4.69, 9.17) is 12.2 Å².